The monoisotopic (exact) mass is 598 g/mol. The summed E-state index contributed by atoms with van der Waals surface area (Å²) in [6, 6.07) is 4.69. The van der Waals surface area contributed by atoms with Gasteiger partial charge in [0.15, 0.2) is 5.69 Å². The van der Waals surface area contributed by atoms with Crippen molar-refractivity contribution in [2.24, 2.45) is 0 Å². The predicted octanol–water partition coefficient (Wildman–Crippen LogP) is 4.77. The number of hydrogen-bond donors (Lipinski definition) is 2. The Morgan fingerprint density at radius 3 is 2.51 bits per heavy atom. The van der Waals surface area contributed by atoms with Crippen molar-refractivity contribution in [2.75, 3.05) is 18.4 Å². The van der Waals surface area contributed by atoms with Gasteiger partial charge >= 0.3 is 12.1 Å². The van der Waals surface area contributed by atoms with Crippen molar-refractivity contribution in [2.45, 2.75) is 50.6 Å². The molecule has 5 rings (SSSR count). The molecule has 0 bridgehead atoms. The van der Waals surface area contributed by atoms with Gasteiger partial charge in [-0.3, -0.25) is 4.68 Å². The van der Waals surface area contributed by atoms with Crippen LogP contribution in [0, 0.1) is 0 Å². The molecule has 4 aromatic rings. The van der Waals surface area contributed by atoms with E-state index in [1.165, 1.54) is 23.4 Å². The summed E-state index contributed by atoms with van der Waals surface area (Å²) in [5.74, 6) is -4.98. The number of piperidine rings is 1. The van der Waals surface area contributed by atoms with E-state index < -0.39 is 23.5 Å². The third kappa shape index (κ3) is 6.37. The van der Waals surface area contributed by atoms with E-state index in [4.69, 9.17) is 16.3 Å². The maximum atomic E-state index is 14.4. The Balaban J connectivity index is 1.36. The Morgan fingerprint density at radius 1 is 1.12 bits per heavy atom. The summed E-state index contributed by atoms with van der Waals surface area (Å²) >= 11 is 6.30. The molecule has 17 heteroatoms. The average Bonchev–Trinajstić information content (AvgIpc) is 3.61. The highest BCUT2D eigenvalue weighted by Crippen LogP contribution is 2.46. The van der Waals surface area contributed by atoms with Crippen LogP contribution in [0.5, 0.6) is 5.75 Å². The topological polar surface area (TPSA) is 120 Å². The Labute approximate surface area is 235 Å². The Morgan fingerprint density at radius 2 is 1.85 bits per heavy atom. The summed E-state index contributed by atoms with van der Waals surface area (Å²) < 4.78 is 77.3. The second kappa shape index (κ2) is 11.5. The summed E-state index contributed by atoms with van der Waals surface area (Å²) in [6.07, 6.45) is 0.289. The molecule has 1 aliphatic rings. The van der Waals surface area contributed by atoms with Crippen LogP contribution in [0.25, 0.3) is 11.1 Å². The maximum Gasteiger partial charge on any atom is 0.459 e. The summed E-state index contributed by atoms with van der Waals surface area (Å²) in [5, 5.41) is 20.6. The fourth-order valence-electron chi connectivity index (χ4n) is 4.32. The van der Waals surface area contributed by atoms with Crippen molar-refractivity contribution in [1.82, 2.24) is 45.3 Å². The zero-order valence-electron chi connectivity index (χ0n) is 21.5. The molecule has 0 spiro atoms. The standard InChI is InChI=1S/C24H24ClF5N10O/c1-14(11-39-13-34-37-38-39)41-20-8-15(2-3-18(20)25)16-9-32-22(33-10-16)35-19-12-40(17-4-6-31-7-5-17)36-21(19)23(26,27)24(28,29)30/h2-3,8-10,12-14,17,31H,4-7,11H2,1H3,(H,32,33,35)/t14-/m0/s1. The van der Waals surface area contributed by atoms with Crippen LogP contribution >= 0.6 is 11.6 Å². The molecule has 1 saturated heterocycles. The van der Waals surface area contributed by atoms with Crippen LogP contribution in [0.4, 0.5) is 33.6 Å². The largest absolute Gasteiger partial charge is 0.487 e. The van der Waals surface area contributed by atoms with Crippen LogP contribution in [0.2, 0.25) is 5.02 Å². The summed E-state index contributed by atoms with van der Waals surface area (Å²) in [4.78, 5) is 8.25. The number of anilines is 2. The van der Waals surface area contributed by atoms with Crippen molar-refractivity contribution in [3.05, 3.63) is 53.8 Å². The molecule has 1 aromatic carbocycles. The Bertz CT molecular complexity index is 1460. The second-order valence-electron chi connectivity index (χ2n) is 9.45. The Kier molecular flexibility index (Phi) is 8.04. The van der Waals surface area contributed by atoms with E-state index in [2.05, 4.69) is 41.2 Å². The lowest BCUT2D eigenvalue weighted by molar-refractivity contribution is -0.290. The minimum atomic E-state index is -5.83. The van der Waals surface area contributed by atoms with E-state index in [9.17, 15) is 22.0 Å². The molecule has 41 heavy (non-hydrogen) atoms. The van der Waals surface area contributed by atoms with Crippen LogP contribution in [-0.2, 0) is 12.5 Å². The smallest absolute Gasteiger partial charge is 0.459 e. The fourth-order valence-corrected chi connectivity index (χ4v) is 4.49. The first kappa shape index (κ1) is 28.6. The molecule has 0 unspecified atom stereocenters. The van der Waals surface area contributed by atoms with E-state index in [-0.39, 0.29) is 18.1 Å². The lowest BCUT2D eigenvalue weighted by atomic mass is 10.1. The van der Waals surface area contributed by atoms with Gasteiger partial charge in [0.05, 0.1) is 23.3 Å². The van der Waals surface area contributed by atoms with Gasteiger partial charge in [0.1, 0.15) is 18.2 Å². The number of nitrogens with zero attached hydrogens (tertiary/aromatic N) is 8. The number of alkyl halides is 5. The first-order valence-electron chi connectivity index (χ1n) is 12.5. The highest BCUT2D eigenvalue weighted by Gasteiger charge is 2.61. The van der Waals surface area contributed by atoms with Crippen LogP contribution in [0.1, 0.15) is 31.5 Å². The van der Waals surface area contributed by atoms with Crippen molar-refractivity contribution in [3.8, 4) is 16.9 Å². The minimum Gasteiger partial charge on any atom is -0.487 e. The molecule has 0 radical (unpaired) electrons. The van der Waals surface area contributed by atoms with Crippen molar-refractivity contribution < 1.29 is 26.7 Å². The number of tetrazole rings is 1. The third-order valence-corrected chi connectivity index (χ3v) is 6.71. The quantitative estimate of drug-likeness (QED) is 0.263. The van der Waals surface area contributed by atoms with Crippen molar-refractivity contribution in [1.29, 1.82) is 0 Å². The molecular formula is C24H24ClF5N10O. The third-order valence-electron chi connectivity index (χ3n) is 6.39. The highest BCUT2D eigenvalue weighted by molar-refractivity contribution is 6.32. The van der Waals surface area contributed by atoms with Gasteiger partial charge in [-0.05, 0) is 61.0 Å². The molecule has 1 fully saturated rings. The number of halogens is 6. The molecule has 3 aromatic heterocycles. The fraction of sp³-hybridized carbons (Fsp3) is 0.417. The van der Waals surface area contributed by atoms with Crippen molar-refractivity contribution >= 4 is 23.2 Å². The van der Waals surface area contributed by atoms with Gasteiger partial charge in [-0.1, -0.05) is 17.7 Å². The summed E-state index contributed by atoms with van der Waals surface area (Å²) in [5.41, 5.74) is -0.811. The van der Waals surface area contributed by atoms with E-state index in [1.807, 2.05) is 6.92 Å². The van der Waals surface area contributed by atoms with Gasteiger partial charge in [0, 0.05) is 24.2 Å². The van der Waals surface area contributed by atoms with Gasteiger partial charge in [-0.15, -0.1) is 5.10 Å². The lowest BCUT2D eigenvalue weighted by Gasteiger charge is -2.23. The van der Waals surface area contributed by atoms with Gasteiger partial charge in [-0.25, -0.2) is 14.6 Å². The number of aromatic nitrogens is 8. The predicted molar refractivity (Wildman–Crippen MR) is 137 cm³/mol. The number of hydrogen-bond acceptors (Lipinski definition) is 9. The molecule has 0 aliphatic carbocycles. The number of nitrogens with one attached hydrogen (secondary N) is 2. The van der Waals surface area contributed by atoms with Crippen LogP contribution in [0.15, 0.2) is 43.1 Å². The Hall–Kier alpha value is -3.92. The van der Waals surface area contributed by atoms with Gasteiger partial charge in [0.2, 0.25) is 5.95 Å². The molecule has 1 atom stereocenters. The molecule has 1 aliphatic heterocycles. The molecular weight excluding hydrogens is 575 g/mol. The molecule has 0 saturated carbocycles. The summed E-state index contributed by atoms with van der Waals surface area (Å²) in [7, 11) is 0. The van der Waals surface area contributed by atoms with E-state index in [0.717, 1.165) is 10.9 Å². The van der Waals surface area contributed by atoms with Gasteiger partial charge < -0.3 is 15.4 Å². The number of benzene rings is 1. The molecule has 0 amide bonds. The molecule has 11 nitrogen and oxygen atoms in total. The zero-order valence-corrected chi connectivity index (χ0v) is 22.2. The molecule has 4 heterocycles. The van der Waals surface area contributed by atoms with Crippen molar-refractivity contribution in [3.63, 3.8) is 0 Å². The zero-order chi connectivity index (χ0) is 29.2. The lowest BCUT2D eigenvalue weighted by Crippen LogP contribution is -2.35. The summed E-state index contributed by atoms with van der Waals surface area (Å²) in [6.45, 7) is 3.38. The number of rotatable bonds is 9. The first-order valence-corrected chi connectivity index (χ1v) is 12.9. The highest BCUT2D eigenvalue weighted by atomic mass is 35.5. The number of ether oxygens (including phenoxy) is 1. The average molecular weight is 599 g/mol. The van der Waals surface area contributed by atoms with Crippen LogP contribution < -0.4 is 15.4 Å². The molecule has 2 N–H and O–H groups in total. The van der Waals surface area contributed by atoms with Gasteiger partial charge in [0.25, 0.3) is 0 Å². The minimum absolute atomic E-state index is 0.182. The van der Waals surface area contributed by atoms with Crippen LogP contribution in [-0.4, -0.2) is 65.3 Å². The normalized spacial score (nSPS) is 15.6. The van der Waals surface area contributed by atoms with Crippen LogP contribution in [0.3, 0.4) is 0 Å². The second-order valence-corrected chi connectivity index (χ2v) is 9.86. The maximum absolute atomic E-state index is 14.4. The van der Waals surface area contributed by atoms with E-state index in [0.29, 0.717) is 54.4 Å². The first-order chi connectivity index (χ1) is 19.5. The van der Waals surface area contributed by atoms with E-state index >= 15 is 0 Å². The SMILES string of the molecule is C[C@@H](Cn1cnnn1)Oc1cc(-c2cnc(Nc3cn(C4CCNCC4)nc3C(F)(F)C(F)(F)F)nc2)ccc1Cl. The molecule has 218 valence electrons. The van der Waals surface area contributed by atoms with Gasteiger partial charge in [-0.2, -0.15) is 27.1 Å². The van der Waals surface area contributed by atoms with E-state index in [1.54, 1.807) is 18.2 Å².